The zero-order valence-electron chi connectivity index (χ0n) is 16.3. The quantitative estimate of drug-likeness (QED) is 0.538. The normalized spacial score (nSPS) is 14.1. The first kappa shape index (κ1) is 22.5. The molecular weight excluding hydrogens is 441 g/mol. The van der Waals surface area contributed by atoms with E-state index in [1.165, 1.54) is 6.42 Å². The summed E-state index contributed by atoms with van der Waals surface area (Å²) in [6, 6.07) is 12.2. The van der Waals surface area contributed by atoms with E-state index in [-0.39, 0.29) is 29.4 Å². The van der Waals surface area contributed by atoms with Crippen LogP contribution < -0.4 is 16.0 Å². The van der Waals surface area contributed by atoms with Crippen molar-refractivity contribution in [2.75, 3.05) is 5.32 Å². The summed E-state index contributed by atoms with van der Waals surface area (Å²) in [4.78, 5) is 24.8. The SMILES string of the molecule is O=C(Cc1ccc(Cl)cc1)NC(=S)Nc1ccc(Cl)c(C(=O)NC2CCCCC2)c1. The Balaban J connectivity index is 1.57. The van der Waals surface area contributed by atoms with Gasteiger partial charge in [-0.15, -0.1) is 0 Å². The van der Waals surface area contributed by atoms with Gasteiger partial charge in [-0.05, 0) is 61.0 Å². The number of rotatable bonds is 5. The summed E-state index contributed by atoms with van der Waals surface area (Å²) >= 11 is 17.3. The fourth-order valence-electron chi connectivity index (χ4n) is 3.41. The summed E-state index contributed by atoms with van der Waals surface area (Å²) in [7, 11) is 0. The van der Waals surface area contributed by atoms with E-state index in [4.69, 9.17) is 35.4 Å². The van der Waals surface area contributed by atoms with Crippen molar-refractivity contribution in [3.63, 3.8) is 0 Å². The molecule has 0 radical (unpaired) electrons. The standard InChI is InChI=1S/C22H23Cl2N3O2S/c23-15-8-6-14(7-9-15)12-20(28)27-22(30)26-17-10-11-19(24)18(13-17)21(29)25-16-4-2-1-3-5-16/h6-11,13,16H,1-5,12H2,(H,25,29)(H2,26,27,28,30). The fourth-order valence-corrected chi connectivity index (χ4v) is 3.97. The summed E-state index contributed by atoms with van der Waals surface area (Å²) in [5.74, 6) is -0.452. The summed E-state index contributed by atoms with van der Waals surface area (Å²) in [5, 5.41) is 9.75. The molecule has 0 spiro atoms. The second kappa shape index (κ2) is 10.8. The van der Waals surface area contributed by atoms with Crippen molar-refractivity contribution >= 4 is 58.0 Å². The number of benzene rings is 2. The predicted octanol–water partition coefficient (Wildman–Crippen LogP) is 5.11. The van der Waals surface area contributed by atoms with Gasteiger partial charge in [-0.3, -0.25) is 9.59 Å². The maximum Gasteiger partial charge on any atom is 0.253 e. The average Bonchev–Trinajstić information content (AvgIpc) is 2.71. The molecule has 0 atom stereocenters. The van der Waals surface area contributed by atoms with E-state index in [9.17, 15) is 9.59 Å². The maximum atomic E-state index is 12.6. The fraction of sp³-hybridized carbons (Fsp3) is 0.318. The largest absolute Gasteiger partial charge is 0.349 e. The van der Waals surface area contributed by atoms with Gasteiger partial charge in [-0.1, -0.05) is 54.6 Å². The van der Waals surface area contributed by atoms with Crippen molar-refractivity contribution in [3.8, 4) is 0 Å². The minimum absolute atomic E-state index is 0.148. The lowest BCUT2D eigenvalue weighted by Crippen LogP contribution is -2.36. The highest BCUT2D eigenvalue weighted by atomic mass is 35.5. The molecule has 0 unspecified atom stereocenters. The van der Waals surface area contributed by atoms with Gasteiger partial charge in [0, 0.05) is 16.8 Å². The molecule has 1 aliphatic carbocycles. The lowest BCUT2D eigenvalue weighted by atomic mass is 9.95. The van der Waals surface area contributed by atoms with Crippen molar-refractivity contribution in [1.29, 1.82) is 0 Å². The first-order valence-electron chi connectivity index (χ1n) is 9.86. The Morgan fingerprint density at radius 3 is 2.40 bits per heavy atom. The minimum atomic E-state index is -0.251. The number of anilines is 1. The third-order valence-electron chi connectivity index (χ3n) is 4.94. The molecule has 5 nitrogen and oxygen atoms in total. The third-order valence-corrected chi connectivity index (χ3v) is 5.73. The van der Waals surface area contributed by atoms with E-state index in [2.05, 4.69) is 16.0 Å². The number of carbonyl (C=O) groups is 2. The third kappa shape index (κ3) is 6.69. The lowest BCUT2D eigenvalue weighted by Gasteiger charge is -2.23. The van der Waals surface area contributed by atoms with Crippen LogP contribution in [0.1, 0.15) is 48.0 Å². The van der Waals surface area contributed by atoms with Gasteiger partial charge in [-0.25, -0.2) is 0 Å². The Hall–Kier alpha value is -2.15. The molecule has 8 heteroatoms. The van der Waals surface area contributed by atoms with Crippen LogP contribution in [0.15, 0.2) is 42.5 Å². The molecule has 0 heterocycles. The number of amides is 2. The highest BCUT2D eigenvalue weighted by Crippen LogP contribution is 2.23. The van der Waals surface area contributed by atoms with Crippen LogP contribution in [0.4, 0.5) is 5.69 Å². The van der Waals surface area contributed by atoms with Gasteiger partial charge in [0.1, 0.15) is 0 Å². The summed E-state index contributed by atoms with van der Waals surface area (Å²) in [6.45, 7) is 0. The number of carbonyl (C=O) groups excluding carboxylic acids is 2. The molecule has 158 valence electrons. The van der Waals surface area contributed by atoms with Crippen LogP contribution in [0, 0.1) is 0 Å². The molecule has 0 aromatic heterocycles. The Morgan fingerprint density at radius 2 is 1.70 bits per heavy atom. The van der Waals surface area contributed by atoms with E-state index >= 15 is 0 Å². The first-order valence-corrected chi connectivity index (χ1v) is 11.0. The van der Waals surface area contributed by atoms with E-state index < -0.39 is 0 Å². The number of thiocarbonyl (C=S) groups is 1. The highest BCUT2D eigenvalue weighted by molar-refractivity contribution is 7.80. The molecule has 1 fully saturated rings. The van der Waals surface area contributed by atoms with Crippen LogP contribution in [-0.2, 0) is 11.2 Å². The molecule has 2 aromatic rings. The second-order valence-electron chi connectivity index (χ2n) is 7.31. The van der Waals surface area contributed by atoms with Gasteiger partial charge >= 0.3 is 0 Å². The molecule has 3 rings (SSSR count). The minimum Gasteiger partial charge on any atom is -0.349 e. The smallest absolute Gasteiger partial charge is 0.253 e. The molecular formula is C22H23Cl2N3O2S. The Morgan fingerprint density at radius 1 is 1.00 bits per heavy atom. The molecule has 30 heavy (non-hydrogen) atoms. The van der Waals surface area contributed by atoms with Crippen molar-refractivity contribution in [3.05, 3.63) is 63.6 Å². The van der Waals surface area contributed by atoms with E-state index in [1.807, 2.05) is 0 Å². The maximum absolute atomic E-state index is 12.6. The van der Waals surface area contributed by atoms with Gasteiger partial charge in [0.15, 0.2) is 5.11 Å². The van der Waals surface area contributed by atoms with Crippen LogP contribution in [0.2, 0.25) is 10.0 Å². The van der Waals surface area contributed by atoms with Gasteiger partial charge in [0.05, 0.1) is 17.0 Å². The molecule has 1 saturated carbocycles. The Bertz CT molecular complexity index is 928. The molecule has 2 aromatic carbocycles. The average molecular weight is 464 g/mol. The van der Waals surface area contributed by atoms with Crippen molar-refractivity contribution < 1.29 is 9.59 Å². The van der Waals surface area contributed by atoms with E-state index in [0.29, 0.717) is 21.3 Å². The van der Waals surface area contributed by atoms with E-state index in [1.54, 1.807) is 42.5 Å². The number of halogens is 2. The zero-order chi connectivity index (χ0) is 21.5. The van der Waals surface area contributed by atoms with Gasteiger partial charge in [0.25, 0.3) is 5.91 Å². The monoisotopic (exact) mass is 463 g/mol. The summed E-state index contributed by atoms with van der Waals surface area (Å²) < 4.78 is 0. The number of hydrogen-bond acceptors (Lipinski definition) is 3. The molecule has 2 amide bonds. The van der Waals surface area contributed by atoms with Crippen LogP contribution in [-0.4, -0.2) is 23.0 Å². The summed E-state index contributed by atoms with van der Waals surface area (Å²) in [5.41, 5.74) is 1.78. The van der Waals surface area contributed by atoms with Crippen molar-refractivity contribution in [2.24, 2.45) is 0 Å². The zero-order valence-corrected chi connectivity index (χ0v) is 18.7. The van der Waals surface area contributed by atoms with Crippen LogP contribution >= 0.6 is 35.4 Å². The molecule has 1 aliphatic rings. The Kier molecular flexibility index (Phi) is 8.08. The van der Waals surface area contributed by atoms with Crippen LogP contribution in [0.5, 0.6) is 0 Å². The Labute approximate surface area is 191 Å². The molecule has 0 bridgehead atoms. The summed E-state index contributed by atoms with van der Waals surface area (Å²) in [6.07, 6.45) is 5.63. The predicted molar refractivity (Wildman–Crippen MR) is 125 cm³/mol. The van der Waals surface area contributed by atoms with Gasteiger partial charge in [-0.2, -0.15) is 0 Å². The van der Waals surface area contributed by atoms with Crippen LogP contribution in [0.3, 0.4) is 0 Å². The van der Waals surface area contributed by atoms with Crippen molar-refractivity contribution in [2.45, 2.75) is 44.6 Å². The molecule has 0 saturated heterocycles. The molecule has 0 aliphatic heterocycles. The van der Waals surface area contributed by atoms with Gasteiger partial charge in [0.2, 0.25) is 5.91 Å². The number of nitrogens with one attached hydrogen (secondary N) is 3. The van der Waals surface area contributed by atoms with Crippen molar-refractivity contribution in [1.82, 2.24) is 10.6 Å². The lowest BCUT2D eigenvalue weighted by molar-refractivity contribution is -0.119. The molecule has 3 N–H and O–H groups in total. The highest BCUT2D eigenvalue weighted by Gasteiger charge is 2.19. The number of hydrogen-bond donors (Lipinski definition) is 3. The van der Waals surface area contributed by atoms with E-state index in [0.717, 1.165) is 31.2 Å². The topological polar surface area (TPSA) is 70.2 Å². The van der Waals surface area contributed by atoms with Crippen LogP contribution in [0.25, 0.3) is 0 Å². The second-order valence-corrected chi connectivity index (χ2v) is 8.56. The van der Waals surface area contributed by atoms with Gasteiger partial charge < -0.3 is 16.0 Å². The first-order chi connectivity index (χ1) is 14.4.